The number of nitrogens with zero attached hydrogens (tertiary/aromatic N) is 2. The molecule has 0 heterocycles. The van der Waals surface area contributed by atoms with Crippen LogP contribution in [0.1, 0.15) is 31.2 Å². The number of halogens is 1. The van der Waals surface area contributed by atoms with Crippen LogP contribution in [-0.2, 0) is 0 Å². The molecule has 0 radical (unpaired) electrons. The van der Waals surface area contributed by atoms with Gasteiger partial charge in [0.05, 0.1) is 5.56 Å². The topological polar surface area (TPSA) is 39.1 Å². The molecular formula is C15H20FN3. The molecular weight excluding hydrogens is 241 g/mol. The summed E-state index contributed by atoms with van der Waals surface area (Å²) < 4.78 is 13.4. The molecule has 1 aromatic carbocycles. The van der Waals surface area contributed by atoms with Crippen molar-refractivity contribution in [1.82, 2.24) is 4.90 Å². The molecule has 0 aromatic heterocycles. The van der Waals surface area contributed by atoms with Gasteiger partial charge >= 0.3 is 0 Å². The van der Waals surface area contributed by atoms with Crippen LogP contribution in [-0.4, -0.2) is 31.1 Å². The van der Waals surface area contributed by atoms with E-state index in [1.807, 2.05) is 6.07 Å². The molecule has 1 saturated carbocycles. The minimum absolute atomic E-state index is 0.0913. The second-order valence-corrected chi connectivity index (χ2v) is 5.15. The Morgan fingerprint density at radius 3 is 2.79 bits per heavy atom. The summed E-state index contributed by atoms with van der Waals surface area (Å²) in [6.07, 6.45) is 5.26. The number of hydrogen-bond acceptors (Lipinski definition) is 3. The van der Waals surface area contributed by atoms with Crippen molar-refractivity contribution in [2.75, 3.05) is 25.5 Å². The first-order valence-electron chi connectivity index (χ1n) is 6.84. The van der Waals surface area contributed by atoms with Gasteiger partial charge in [0, 0.05) is 24.8 Å². The van der Waals surface area contributed by atoms with E-state index in [-0.39, 0.29) is 5.56 Å². The average molecular weight is 261 g/mol. The Hall–Kier alpha value is -1.60. The zero-order valence-corrected chi connectivity index (χ0v) is 11.3. The Morgan fingerprint density at radius 2 is 2.16 bits per heavy atom. The van der Waals surface area contributed by atoms with Crippen LogP contribution in [0.2, 0.25) is 0 Å². The van der Waals surface area contributed by atoms with Gasteiger partial charge in [-0.3, -0.25) is 0 Å². The van der Waals surface area contributed by atoms with E-state index < -0.39 is 5.82 Å². The molecule has 3 nitrogen and oxygen atoms in total. The van der Waals surface area contributed by atoms with Crippen molar-refractivity contribution < 1.29 is 4.39 Å². The Kier molecular flexibility index (Phi) is 4.75. The first-order chi connectivity index (χ1) is 9.20. The lowest BCUT2D eigenvalue weighted by atomic mass is 10.2. The van der Waals surface area contributed by atoms with Gasteiger partial charge in [-0.05, 0) is 38.1 Å². The van der Waals surface area contributed by atoms with E-state index >= 15 is 0 Å². The van der Waals surface area contributed by atoms with Gasteiger partial charge < -0.3 is 10.2 Å². The highest BCUT2D eigenvalue weighted by Gasteiger charge is 2.18. The Bertz CT molecular complexity index is 461. The van der Waals surface area contributed by atoms with Crippen molar-refractivity contribution in [1.29, 1.82) is 5.26 Å². The second kappa shape index (κ2) is 6.53. The van der Waals surface area contributed by atoms with E-state index in [1.54, 1.807) is 6.07 Å². The molecule has 1 fully saturated rings. The third-order valence-corrected chi connectivity index (χ3v) is 3.83. The smallest absolute Gasteiger partial charge is 0.143 e. The molecule has 1 aliphatic carbocycles. The summed E-state index contributed by atoms with van der Waals surface area (Å²) in [6, 6.07) is 7.17. The van der Waals surface area contributed by atoms with Gasteiger partial charge in [-0.1, -0.05) is 12.8 Å². The predicted octanol–water partition coefficient (Wildman–Crippen LogP) is 2.98. The van der Waals surface area contributed by atoms with E-state index in [0.717, 1.165) is 18.8 Å². The highest BCUT2D eigenvalue weighted by molar-refractivity contribution is 5.48. The Balaban J connectivity index is 1.79. The van der Waals surface area contributed by atoms with Gasteiger partial charge in [0.25, 0.3) is 0 Å². The number of anilines is 1. The summed E-state index contributed by atoms with van der Waals surface area (Å²) in [5, 5.41) is 11.9. The molecule has 0 atom stereocenters. The van der Waals surface area contributed by atoms with Crippen LogP contribution in [0.25, 0.3) is 0 Å². The monoisotopic (exact) mass is 261 g/mol. The molecule has 0 aliphatic heterocycles. The third-order valence-electron chi connectivity index (χ3n) is 3.83. The molecule has 0 bridgehead atoms. The van der Waals surface area contributed by atoms with Crippen molar-refractivity contribution in [3.8, 4) is 6.07 Å². The minimum Gasteiger partial charge on any atom is -0.384 e. The number of nitrogens with one attached hydrogen (secondary N) is 1. The number of likely N-dealkylation sites (N-methyl/N-ethyl adjacent to an activating group) is 1. The fourth-order valence-electron chi connectivity index (χ4n) is 2.62. The minimum atomic E-state index is -0.461. The van der Waals surface area contributed by atoms with Gasteiger partial charge in [0.2, 0.25) is 0 Å². The van der Waals surface area contributed by atoms with Gasteiger partial charge in [-0.25, -0.2) is 4.39 Å². The Labute approximate surface area is 114 Å². The van der Waals surface area contributed by atoms with E-state index in [9.17, 15) is 4.39 Å². The maximum atomic E-state index is 13.4. The number of nitriles is 1. The van der Waals surface area contributed by atoms with Gasteiger partial charge in [-0.15, -0.1) is 0 Å². The van der Waals surface area contributed by atoms with Crippen LogP contribution < -0.4 is 5.32 Å². The van der Waals surface area contributed by atoms with Crippen molar-refractivity contribution in [3.63, 3.8) is 0 Å². The standard InChI is InChI=1S/C15H20FN3/c1-19(14-4-2-3-5-14)9-8-18-13-7-6-12(11-17)15(16)10-13/h6-7,10,14,18H,2-5,8-9H2,1H3. The number of hydrogen-bond donors (Lipinski definition) is 1. The van der Waals surface area contributed by atoms with Crippen LogP contribution in [0.4, 0.5) is 10.1 Å². The fourth-order valence-corrected chi connectivity index (χ4v) is 2.62. The van der Waals surface area contributed by atoms with Crippen molar-refractivity contribution >= 4 is 5.69 Å². The molecule has 1 aliphatic rings. The molecule has 102 valence electrons. The van der Waals surface area contributed by atoms with Crippen LogP contribution in [0, 0.1) is 17.1 Å². The maximum Gasteiger partial charge on any atom is 0.143 e. The summed E-state index contributed by atoms with van der Waals surface area (Å²) in [6.45, 7) is 1.74. The van der Waals surface area contributed by atoms with Crippen molar-refractivity contribution in [2.24, 2.45) is 0 Å². The number of rotatable bonds is 5. The van der Waals surface area contributed by atoms with Crippen LogP contribution in [0.5, 0.6) is 0 Å². The second-order valence-electron chi connectivity index (χ2n) is 5.15. The van der Waals surface area contributed by atoms with Gasteiger partial charge in [0.15, 0.2) is 0 Å². The molecule has 0 saturated heterocycles. The van der Waals surface area contributed by atoms with E-state index in [1.165, 1.54) is 37.8 Å². The largest absolute Gasteiger partial charge is 0.384 e. The zero-order valence-electron chi connectivity index (χ0n) is 11.3. The Morgan fingerprint density at radius 1 is 1.42 bits per heavy atom. The molecule has 0 spiro atoms. The summed E-state index contributed by atoms with van der Waals surface area (Å²) >= 11 is 0. The van der Waals surface area contributed by atoms with E-state index in [4.69, 9.17) is 5.26 Å². The summed E-state index contributed by atoms with van der Waals surface area (Å²) in [4.78, 5) is 2.38. The van der Waals surface area contributed by atoms with Gasteiger partial charge in [0.1, 0.15) is 11.9 Å². The van der Waals surface area contributed by atoms with Crippen molar-refractivity contribution in [2.45, 2.75) is 31.7 Å². The lowest BCUT2D eigenvalue weighted by Gasteiger charge is -2.24. The van der Waals surface area contributed by atoms with Crippen LogP contribution in [0.3, 0.4) is 0 Å². The predicted molar refractivity (Wildman–Crippen MR) is 74.5 cm³/mol. The molecule has 19 heavy (non-hydrogen) atoms. The molecule has 0 unspecified atom stereocenters. The first-order valence-corrected chi connectivity index (χ1v) is 6.84. The molecule has 4 heteroatoms. The quantitative estimate of drug-likeness (QED) is 0.885. The van der Waals surface area contributed by atoms with Gasteiger partial charge in [-0.2, -0.15) is 5.26 Å². The highest BCUT2D eigenvalue weighted by Crippen LogP contribution is 2.22. The molecule has 1 N–H and O–H groups in total. The highest BCUT2D eigenvalue weighted by atomic mass is 19.1. The molecule has 0 amide bonds. The van der Waals surface area contributed by atoms with Crippen LogP contribution >= 0.6 is 0 Å². The normalized spacial score (nSPS) is 15.7. The lowest BCUT2D eigenvalue weighted by molar-refractivity contribution is 0.254. The van der Waals surface area contributed by atoms with Crippen LogP contribution in [0.15, 0.2) is 18.2 Å². The number of benzene rings is 1. The molecule has 2 rings (SSSR count). The molecule has 1 aromatic rings. The summed E-state index contributed by atoms with van der Waals surface area (Å²) in [5.74, 6) is -0.461. The SMILES string of the molecule is CN(CCNc1ccc(C#N)c(F)c1)C1CCCC1. The lowest BCUT2D eigenvalue weighted by Crippen LogP contribution is -2.33. The maximum absolute atomic E-state index is 13.4. The third kappa shape index (κ3) is 3.68. The van der Waals surface area contributed by atoms with E-state index in [2.05, 4.69) is 17.3 Å². The summed E-state index contributed by atoms with van der Waals surface area (Å²) in [5.41, 5.74) is 0.824. The summed E-state index contributed by atoms with van der Waals surface area (Å²) in [7, 11) is 2.15. The zero-order chi connectivity index (χ0) is 13.7. The fraction of sp³-hybridized carbons (Fsp3) is 0.533. The average Bonchev–Trinajstić information content (AvgIpc) is 2.93. The van der Waals surface area contributed by atoms with Crippen molar-refractivity contribution in [3.05, 3.63) is 29.6 Å². The van der Waals surface area contributed by atoms with E-state index in [0.29, 0.717) is 6.04 Å². The first kappa shape index (κ1) is 13.8.